The van der Waals surface area contributed by atoms with Gasteiger partial charge in [0.1, 0.15) is 5.75 Å². The molecule has 5 heteroatoms. The molecule has 0 heterocycles. The Bertz CT molecular complexity index is 546. The summed E-state index contributed by atoms with van der Waals surface area (Å²) in [6.07, 6.45) is 0.124. The second kappa shape index (κ2) is 8.46. The highest BCUT2D eigenvalue weighted by Crippen LogP contribution is 2.14. The number of aliphatic hydroxyl groups excluding tert-OH is 1. The molecule has 0 aliphatic carbocycles. The number of rotatable bonds is 8. The van der Waals surface area contributed by atoms with Gasteiger partial charge in [0, 0.05) is 13.1 Å². The lowest BCUT2D eigenvalue weighted by molar-refractivity contribution is -0.0498. The van der Waals surface area contributed by atoms with Crippen molar-refractivity contribution in [2.75, 3.05) is 6.54 Å². The zero-order valence-electron chi connectivity index (χ0n) is 12.1. The van der Waals surface area contributed by atoms with Crippen LogP contribution >= 0.6 is 0 Å². The average Bonchev–Trinajstić information content (AvgIpc) is 2.49. The number of alkyl halides is 2. The molecule has 2 aromatic rings. The van der Waals surface area contributed by atoms with Gasteiger partial charge in [-0.1, -0.05) is 42.5 Å². The molecule has 1 unspecified atom stereocenters. The first-order chi connectivity index (χ1) is 10.6. The predicted molar refractivity (Wildman–Crippen MR) is 80.9 cm³/mol. The van der Waals surface area contributed by atoms with E-state index in [2.05, 4.69) is 10.1 Å². The second-order valence-corrected chi connectivity index (χ2v) is 5.00. The summed E-state index contributed by atoms with van der Waals surface area (Å²) in [5, 5.41) is 13.1. The summed E-state index contributed by atoms with van der Waals surface area (Å²) >= 11 is 0. The molecule has 2 aromatic carbocycles. The second-order valence-electron chi connectivity index (χ2n) is 5.00. The molecule has 0 bridgehead atoms. The van der Waals surface area contributed by atoms with Gasteiger partial charge in [-0.05, 0) is 29.7 Å². The van der Waals surface area contributed by atoms with E-state index in [1.165, 1.54) is 12.1 Å². The molecule has 0 saturated carbocycles. The number of nitrogens with one attached hydrogen (secondary N) is 1. The van der Waals surface area contributed by atoms with E-state index in [1.54, 1.807) is 12.1 Å². The number of ether oxygens (including phenoxy) is 1. The Hall–Kier alpha value is -1.98. The lowest BCUT2D eigenvalue weighted by Gasteiger charge is -2.12. The number of hydrogen-bond donors (Lipinski definition) is 2. The predicted octanol–water partition coefficient (Wildman–Crippen LogP) is 2.98. The van der Waals surface area contributed by atoms with Gasteiger partial charge < -0.3 is 15.2 Å². The van der Waals surface area contributed by atoms with Crippen LogP contribution in [-0.4, -0.2) is 24.4 Å². The van der Waals surface area contributed by atoms with Crippen LogP contribution in [0.5, 0.6) is 5.75 Å². The van der Waals surface area contributed by atoms with E-state index in [9.17, 15) is 13.9 Å². The molecule has 2 rings (SSSR count). The third-order valence-electron chi connectivity index (χ3n) is 3.17. The average molecular weight is 307 g/mol. The fourth-order valence-electron chi connectivity index (χ4n) is 2.13. The lowest BCUT2D eigenvalue weighted by atomic mass is 10.1. The molecule has 2 N–H and O–H groups in total. The van der Waals surface area contributed by atoms with Gasteiger partial charge in [-0.3, -0.25) is 0 Å². The monoisotopic (exact) mass is 307 g/mol. The summed E-state index contributed by atoms with van der Waals surface area (Å²) < 4.78 is 28.3. The molecule has 0 radical (unpaired) electrons. The van der Waals surface area contributed by atoms with Crippen molar-refractivity contribution in [3.8, 4) is 5.75 Å². The van der Waals surface area contributed by atoms with Crippen LogP contribution in [0.4, 0.5) is 8.78 Å². The van der Waals surface area contributed by atoms with Crippen molar-refractivity contribution in [2.24, 2.45) is 0 Å². The molecular weight excluding hydrogens is 288 g/mol. The maximum absolute atomic E-state index is 12.0. The molecular formula is C17H19F2NO2. The van der Waals surface area contributed by atoms with Gasteiger partial charge in [0.2, 0.25) is 0 Å². The normalized spacial score (nSPS) is 12.4. The van der Waals surface area contributed by atoms with Gasteiger partial charge in [-0.25, -0.2) is 0 Å². The standard InChI is InChI=1S/C17H19F2NO2/c18-17(19)22-16-8-6-14(7-9-16)11-20-12-15(21)10-13-4-2-1-3-5-13/h1-9,15,17,20-21H,10-12H2. The van der Waals surface area contributed by atoms with Crippen molar-refractivity contribution < 1.29 is 18.6 Å². The Labute approximate surface area is 128 Å². The summed E-state index contributed by atoms with van der Waals surface area (Å²) in [5.41, 5.74) is 2.03. The molecule has 1 atom stereocenters. The first-order valence-electron chi connectivity index (χ1n) is 7.10. The van der Waals surface area contributed by atoms with Crippen LogP contribution in [0, 0.1) is 0 Å². The van der Waals surface area contributed by atoms with Gasteiger partial charge >= 0.3 is 6.61 Å². The highest BCUT2D eigenvalue weighted by molar-refractivity contribution is 5.27. The van der Waals surface area contributed by atoms with Crippen LogP contribution in [0.1, 0.15) is 11.1 Å². The van der Waals surface area contributed by atoms with E-state index in [1.807, 2.05) is 30.3 Å². The van der Waals surface area contributed by atoms with Crippen molar-refractivity contribution in [2.45, 2.75) is 25.7 Å². The van der Waals surface area contributed by atoms with Gasteiger partial charge in [0.25, 0.3) is 0 Å². The van der Waals surface area contributed by atoms with Gasteiger partial charge in [-0.2, -0.15) is 8.78 Å². The number of benzene rings is 2. The van der Waals surface area contributed by atoms with Crippen LogP contribution in [-0.2, 0) is 13.0 Å². The third kappa shape index (κ3) is 5.79. The highest BCUT2D eigenvalue weighted by Gasteiger charge is 2.06. The minimum Gasteiger partial charge on any atom is -0.435 e. The van der Waals surface area contributed by atoms with Crippen LogP contribution in [0.2, 0.25) is 0 Å². The largest absolute Gasteiger partial charge is 0.435 e. The lowest BCUT2D eigenvalue weighted by Crippen LogP contribution is -2.28. The van der Waals surface area contributed by atoms with E-state index in [4.69, 9.17) is 0 Å². The molecule has 3 nitrogen and oxygen atoms in total. The molecule has 0 aromatic heterocycles. The van der Waals surface area contributed by atoms with Gasteiger partial charge in [0.15, 0.2) is 0 Å². The third-order valence-corrected chi connectivity index (χ3v) is 3.17. The van der Waals surface area contributed by atoms with Crippen molar-refractivity contribution in [3.05, 3.63) is 65.7 Å². The van der Waals surface area contributed by atoms with E-state index >= 15 is 0 Å². The van der Waals surface area contributed by atoms with Gasteiger partial charge in [-0.15, -0.1) is 0 Å². The summed E-state index contributed by atoms with van der Waals surface area (Å²) in [5.74, 6) is 0.142. The Morgan fingerprint density at radius 3 is 2.27 bits per heavy atom. The quantitative estimate of drug-likeness (QED) is 0.788. The zero-order valence-corrected chi connectivity index (χ0v) is 12.1. The van der Waals surface area contributed by atoms with Gasteiger partial charge in [0.05, 0.1) is 6.10 Å². The zero-order chi connectivity index (χ0) is 15.8. The SMILES string of the molecule is OC(CNCc1ccc(OC(F)F)cc1)Cc1ccccc1. The van der Waals surface area contributed by atoms with Crippen LogP contribution in [0.25, 0.3) is 0 Å². The van der Waals surface area contributed by atoms with Crippen LogP contribution in [0.15, 0.2) is 54.6 Å². The first kappa shape index (κ1) is 16.4. The molecule has 0 saturated heterocycles. The Balaban J connectivity index is 1.71. The number of hydrogen-bond acceptors (Lipinski definition) is 3. The summed E-state index contributed by atoms with van der Waals surface area (Å²) in [7, 11) is 0. The summed E-state index contributed by atoms with van der Waals surface area (Å²) in [6, 6.07) is 16.2. The van der Waals surface area contributed by atoms with E-state index in [0.29, 0.717) is 19.5 Å². The topological polar surface area (TPSA) is 41.5 Å². The fraction of sp³-hybridized carbons (Fsp3) is 0.294. The highest BCUT2D eigenvalue weighted by atomic mass is 19.3. The molecule has 0 spiro atoms. The Kier molecular flexibility index (Phi) is 6.30. The molecule has 22 heavy (non-hydrogen) atoms. The maximum atomic E-state index is 12.0. The number of halogens is 2. The van der Waals surface area contributed by atoms with E-state index in [0.717, 1.165) is 11.1 Å². The van der Waals surface area contributed by atoms with Crippen molar-refractivity contribution in [1.82, 2.24) is 5.32 Å². The summed E-state index contributed by atoms with van der Waals surface area (Å²) in [4.78, 5) is 0. The first-order valence-corrected chi connectivity index (χ1v) is 7.10. The van der Waals surface area contributed by atoms with Crippen molar-refractivity contribution in [1.29, 1.82) is 0 Å². The fourth-order valence-corrected chi connectivity index (χ4v) is 2.13. The molecule has 0 aliphatic heterocycles. The van der Waals surface area contributed by atoms with Crippen LogP contribution < -0.4 is 10.1 Å². The summed E-state index contributed by atoms with van der Waals surface area (Å²) in [6.45, 7) is -1.79. The minimum atomic E-state index is -2.81. The van der Waals surface area contributed by atoms with Crippen molar-refractivity contribution >= 4 is 0 Å². The minimum absolute atomic E-state index is 0.142. The number of aliphatic hydroxyl groups is 1. The maximum Gasteiger partial charge on any atom is 0.387 e. The van der Waals surface area contributed by atoms with Crippen LogP contribution in [0.3, 0.4) is 0 Å². The molecule has 0 fully saturated rings. The molecule has 0 amide bonds. The van der Waals surface area contributed by atoms with Crippen molar-refractivity contribution in [3.63, 3.8) is 0 Å². The van der Waals surface area contributed by atoms with E-state index < -0.39 is 12.7 Å². The Morgan fingerprint density at radius 1 is 0.955 bits per heavy atom. The Morgan fingerprint density at radius 2 is 1.64 bits per heavy atom. The van der Waals surface area contributed by atoms with E-state index in [-0.39, 0.29) is 5.75 Å². The smallest absolute Gasteiger partial charge is 0.387 e. The molecule has 0 aliphatic rings. The molecule has 118 valence electrons.